The molecule has 1 saturated heterocycles. The Labute approximate surface area is 194 Å². The molecule has 2 aliphatic carbocycles. The van der Waals surface area contributed by atoms with Crippen molar-refractivity contribution in [3.8, 4) is 0 Å². The lowest BCUT2D eigenvalue weighted by atomic mass is 9.92. The predicted octanol–water partition coefficient (Wildman–Crippen LogP) is 4.57. The van der Waals surface area contributed by atoms with Gasteiger partial charge < -0.3 is 9.88 Å². The molecule has 3 aliphatic rings. The summed E-state index contributed by atoms with van der Waals surface area (Å²) in [6, 6.07) is 9.14. The molecule has 2 aromatic rings. The third-order valence-corrected chi connectivity index (χ3v) is 7.64. The second-order valence-corrected chi connectivity index (χ2v) is 9.60. The largest absolute Gasteiger partial charge is 0.348 e. The van der Waals surface area contributed by atoms with E-state index in [-0.39, 0.29) is 18.2 Å². The summed E-state index contributed by atoms with van der Waals surface area (Å²) in [6.07, 6.45) is 9.50. The van der Waals surface area contributed by atoms with Crippen molar-refractivity contribution in [2.45, 2.75) is 70.9 Å². The van der Waals surface area contributed by atoms with E-state index in [2.05, 4.69) is 16.0 Å². The number of ketones is 1. The van der Waals surface area contributed by atoms with E-state index in [1.807, 2.05) is 44.2 Å². The molecule has 33 heavy (non-hydrogen) atoms. The molecule has 2 heterocycles. The molecule has 5 rings (SSSR count). The number of carbonyl (C=O) groups is 3. The molecule has 0 saturated carbocycles. The summed E-state index contributed by atoms with van der Waals surface area (Å²) >= 11 is 0. The molecule has 1 spiro atoms. The van der Waals surface area contributed by atoms with E-state index in [1.54, 1.807) is 0 Å². The van der Waals surface area contributed by atoms with Crippen LogP contribution in [0.4, 0.5) is 4.79 Å². The number of fused-ring (bicyclic) bond motifs is 2. The van der Waals surface area contributed by atoms with Crippen molar-refractivity contribution in [2.24, 2.45) is 0 Å². The minimum atomic E-state index is -1.03. The third-order valence-electron chi connectivity index (χ3n) is 7.64. The normalized spacial score (nSPS) is 22.0. The van der Waals surface area contributed by atoms with Gasteiger partial charge in [0, 0.05) is 23.5 Å². The number of allylic oxidation sites excluding steroid dienone is 2. The molecule has 1 N–H and O–H groups in total. The molecule has 6 heteroatoms. The van der Waals surface area contributed by atoms with Crippen LogP contribution in [-0.4, -0.2) is 33.7 Å². The van der Waals surface area contributed by atoms with Crippen molar-refractivity contribution in [3.63, 3.8) is 0 Å². The highest BCUT2D eigenvalue weighted by Crippen LogP contribution is 2.41. The van der Waals surface area contributed by atoms with Gasteiger partial charge in [0.05, 0.1) is 6.54 Å². The SMILES string of the molecule is Cc1cc(C(=O)CN2C(=O)N[C@@]3(CCc4ccccc43)C2=O)c(C)n1CCC1=CCCCC1. The number of Topliss-reactive ketones (excluding diaryl/α,β-unsaturated/α-hetero) is 1. The van der Waals surface area contributed by atoms with E-state index in [9.17, 15) is 14.4 Å². The van der Waals surface area contributed by atoms with Crippen molar-refractivity contribution < 1.29 is 14.4 Å². The van der Waals surface area contributed by atoms with E-state index < -0.39 is 11.6 Å². The Bertz CT molecular complexity index is 1180. The van der Waals surface area contributed by atoms with Gasteiger partial charge in [-0.25, -0.2) is 4.79 Å². The highest BCUT2D eigenvalue weighted by molar-refractivity contribution is 6.12. The first kappa shape index (κ1) is 21.7. The van der Waals surface area contributed by atoms with Crippen LogP contribution in [0.2, 0.25) is 0 Å². The smallest absolute Gasteiger partial charge is 0.325 e. The monoisotopic (exact) mass is 445 g/mol. The molecule has 0 radical (unpaired) electrons. The number of urea groups is 1. The van der Waals surface area contributed by atoms with Crippen molar-refractivity contribution in [2.75, 3.05) is 6.54 Å². The van der Waals surface area contributed by atoms with Gasteiger partial charge in [0.15, 0.2) is 5.78 Å². The first-order chi connectivity index (χ1) is 15.9. The van der Waals surface area contributed by atoms with Crippen LogP contribution >= 0.6 is 0 Å². The van der Waals surface area contributed by atoms with Crippen LogP contribution in [0.25, 0.3) is 0 Å². The number of nitrogens with one attached hydrogen (secondary N) is 1. The second-order valence-electron chi connectivity index (χ2n) is 9.60. The molecular formula is C27H31N3O3. The number of rotatable bonds is 6. The summed E-state index contributed by atoms with van der Waals surface area (Å²) in [5, 5.41) is 2.90. The number of hydrogen-bond acceptors (Lipinski definition) is 3. The molecule has 172 valence electrons. The Kier molecular flexibility index (Phi) is 5.47. The van der Waals surface area contributed by atoms with Gasteiger partial charge in [0.2, 0.25) is 0 Å². The lowest BCUT2D eigenvalue weighted by Crippen LogP contribution is -2.42. The Balaban J connectivity index is 1.32. The second kappa shape index (κ2) is 8.32. The summed E-state index contributed by atoms with van der Waals surface area (Å²) in [5.74, 6) is -0.512. The first-order valence-corrected chi connectivity index (χ1v) is 12.0. The fraction of sp³-hybridized carbons (Fsp3) is 0.444. The molecule has 0 bridgehead atoms. The molecular weight excluding hydrogens is 414 g/mol. The minimum Gasteiger partial charge on any atom is -0.348 e. The van der Waals surface area contributed by atoms with Crippen LogP contribution < -0.4 is 5.32 Å². The zero-order chi connectivity index (χ0) is 23.2. The predicted molar refractivity (Wildman–Crippen MR) is 126 cm³/mol. The summed E-state index contributed by atoms with van der Waals surface area (Å²) in [6.45, 7) is 4.58. The molecule has 1 aromatic heterocycles. The Morgan fingerprint density at radius 3 is 2.73 bits per heavy atom. The van der Waals surface area contributed by atoms with Gasteiger partial charge >= 0.3 is 6.03 Å². The van der Waals surface area contributed by atoms with Crippen LogP contribution in [0, 0.1) is 13.8 Å². The number of nitrogens with zero attached hydrogens (tertiary/aromatic N) is 2. The number of hydrogen-bond donors (Lipinski definition) is 1. The average molecular weight is 446 g/mol. The Hall–Kier alpha value is -3.15. The van der Waals surface area contributed by atoms with E-state index in [4.69, 9.17) is 0 Å². The Morgan fingerprint density at radius 1 is 1.12 bits per heavy atom. The Morgan fingerprint density at radius 2 is 1.94 bits per heavy atom. The van der Waals surface area contributed by atoms with Crippen LogP contribution in [-0.2, 0) is 23.3 Å². The van der Waals surface area contributed by atoms with Crippen LogP contribution in [0.1, 0.15) is 71.4 Å². The third kappa shape index (κ3) is 3.62. The van der Waals surface area contributed by atoms with Crippen molar-refractivity contribution >= 4 is 17.7 Å². The van der Waals surface area contributed by atoms with Crippen LogP contribution in [0.15, 0.2) is 42.0 Å². The van der Waals surface area contributed by atoms with E-state index in [1.165, 1.54) is 31.3 Å². The lowest BCUT2D eigenvalue weighted by Gasteiger charge is -2.22. The summed E-state index contributed by atoms with van der Waals surface area (Å²) in [4.78, 5) is 40.5. The highest BCUT2D eigenvalue weighted by Gasteiger charge is 2.55. The maximum Gasteiger partial charge on any atom is 0.325 e. The fourth-order valence-electron chi connectivity index (χ4n) is 5.78. The number of imide groups is 1. The van der Waals surface area contributed by atoms with Gasteiger partial charge in [-0.05, 0) is 76.0 Å². The van der Waals surface area contributed by atoms with Crippen molar-refractivity contribution in [3.05, 3.63) is 70.1 Å². The summed E-state index contributed by atoms with van der Waals surface area (Å²) in [7, 11) is 0. The molecule has 1 fully saturated rings. The maximum atomic E-state index is 13.4. The average Bonchev–Trinajstić information content (AvgIpc) is 3.41. The molecule has 1 atom stereocenters. The fourth-order valence-corrected chi connectivity index (χ4v) is 5.78. The topological polar surface area (TPSA) is 71.4 Å². The van der Waals surface area contributed by atoms with Gasteiger partial charge in [-0.2, -0.15) is 0 Å². The highest BCUT2D eigenvalue weighted by atomic mass is 16.2. The van der Waals surface area contributed by atoms with Gasteiger partial charge in [-0.3, -0.25) is 14.5 Å². The van der Waals surface area contributed by atoms with Crippen molar-refractivity contribution in [1.82, 2.24) is 14.8 Å². The van der Waals surface area contributed by atoms with Gasteiger partial charge in [-0.15, -0.1) is 0 Å². The van der Waals surface area contributed by atoms with E-state index >= 15 is 0 Å². The van der Waals surface area contributed by atoms with Crippen LogP contribution in [0.5, 0.6) is 0 Å². The number of benzene rings is 1. The first-order valence-electron chi connectivity index (χ1n) is 12.0. The van der Waals surface area contributed by atoms with E-state index in [0.29, 0.717) is 12.0 Å². The molecule has 1 aliphatic heterocycles. The van der Waals surface area contributed by atoms with Crippen molar-refractivity contribution in [1.29, 1.82) is 0 Å². The number of amides is 3. The maximum absolute atomic E-state index is 13.4. The van der Waals surface area contributed by atoms with E-state index in [0.717, 1.165) is 46.8 Å². The zero-order valence-corrected chi connectivity index (χ0v) is 19.4. The number of carbonyl (C=O) groups excluding carboxylic acids is 3. The number of aryl methyl sites for hydroxylation is 2. The molecule has 0 unspecified atom stereocenters. The standard InChI is InChI=1S/C27H31N3O3/c1-18-16-22(19(2)29(18)15-13-20-8-4-3-5-9-20)24(31)17-30-25(32)27(28-26(30)33)14-12-21-10-6-7-11-23(21)27/h6-8,10-11,16H,3-5,9,12-15,17H2,1-2H3,(H,28,33)/t27-/m1/s1. The van der Waals surface area contributed by atoms with Gasteiger partial charge in [-0.1, -0.05) is 35.9 Å². The zero-order valence-electron chi connectivity index (χ0n) is 19.4. The summed E-state index contributed by atoms with van der Waals surface area (Å²) < 4.78 is 2.18. The van der Waals surface area contributed by atoms with Gasteiger partial charge in [0.25, 0.3) is 5.91 Å². The lowest BCUT2D eigenvalue weighted by molar-refractivity contribution is -0.131. The summed E-state index contributed by atoms with van der Waals surface area (Å²) in [5.41, 5.74) is 4.94. The number of aromatic nitrogens is 1. The van der Waals surface area contributed by atoms with Gasteiger partial charge in [0.1, 0.15) is 5.54 Å². The molecule has 6 nitrogen and oxygen atoms in total. The molecule has 3 amide bonds. The minimum absolute atomic E-state index is 0.196. The molecule has 1 aromatic carbocycles. The van der Waals surface area contributed by atoms with Crippen LogP contribution in [0.3, 0.4) is 0 Å². The quantitative estimate of drug-likeness (QED) is 0.402.